The van der Waals surface area contributed by atoms with E-state index in [4.69, 9.17) is 0 Å². The molecule has 6 nitrogen and oxygen atoms in total. The van der Waals surface area contributed by atoms with Crippen molar-refractivity contribution < 1.29 is 4.79 Å². The number of carbonyl (C=O) groups excluding carboxylic acids is 1. The van der Waals surface area contributed by atoms with Gasteiger partial charge in [0.25, 0.3) is 0 Å². The number of nitrogens with zero attached hydrogens (tertiary/aromatic N) is 4. The predicted octanol–water partition coefficient (Wildman–Crippen LogP) is 4.27. The number of rotatable bonds is 3. The van der Waals surface area contributed by atoms with Crippen LogP contribution < -0.4 is 10.2 Å². The summed E-state index contributed by atoms with van der Waals surface area (Å²) in [6.45, 7) is 6.98. The number of amides is 2. The Balaban J connectivity index is 1.45. The lowest BCUT2D eigenvalue weighted by Crippen LogP contribution is -2.52. The number of aromatic nitrogens is 2. The molecule has 2 aliphatic heterocycles. The van der Waals surface area contributed by atoms with E-state index in [1.807, 2.05) is 13.8 Å². The van der Waals surface area contributed by atoms with E-state index in [-0.39, 0.29) is 12.1 Å². The number of anilines is 1. The molecule has 0 bridgehead atoms. The quantitative estimate of drug-likeness (QED) is 0.834. The molecule has 2 aliphatic rings. The number of carbonyl (C=O) groups is 1. The Labute approximate surface area is 171 Å². The van der Waals surface area contributed by atoms with Crippen LogP contribution in [0.5, 0.6) is 0 Å². The van der Waals surface area contributed by atoms with Crippen molar-refractivity contribution in [3.05, 3.63) is 17.8 Å². The Hall–Kier alpha value is -1.89. The molecule has 2 saturated heterocycles. The summed E-state index contributed by atoms with van der Waals surface area (Å²) < 4.78 is 1.19. The molecule has 28 heavy (non-hydrogen) atoms. The van der Waals surface area contributed by atoms with Crippen LogP contribution in [0.3, 0.4) is 0 Å². The molecule has 2 fully saturated rings. The van der Waals surface area contributed by atoms with Crippen LogP contribution in [0.15, 0.2) is 17.8 Å². The number of fused-ring (bicyclic) bond motifs is 1. The summed E-state index contributed by atoms with van der Waals surface area (Å²) in [5.74, 6) is 1.65. The number of urea groups is 1. The highest BCUT2D eigenvalue weighted by molar-refractivity contribution is 7.17. The number of hydrogen-bond acceptors (Lipinski definition) is 5. The van der Waals surface area contributed by atoms with E-state index in [2.05, 4.69) is 36.5 Å². The van der Waals surface area contributed by atoms with Gasteiger partial charge in [-0.1, -0.05) is 12.8 Å². The van der Waals surface area contributed by atoms with E-state index in [9.17, 15) is 4.79 Å². The summed E-state index contributed by atoms with van der Waals surface area (Å²) >= 11 is 1.72. The van der Waals surface area contributed by atoms with Crippen LogP contribution in [0.25, 0.3) is 10.2 Å². The SMILES string of the molecule is CC(C)NC(=O)N1CCCCC[C@H]1C1CCN(c2ncnc3ccsc23)CC1. The number of hydrogen-bond donors (Lipinski definition) is 1. The van der Waals surface area contributed by atoms with Gasteiger partial charge in [-0.25, -0.2) is 14.8 Å². The Morgan fingerprint density at radius 3 is 2.75 bits per heavy atom. The van der Waals surface area contributed by atoms with Crippen LogP contribution in [-0.4, -0.2) is 52.6 Å². The van der Waals surface area contributed by atoms with Gasteiger partial charge in [-0.3, -0.25) is 0 Å². The van der Waals surface area contributed by atoms with E-state index >= 15 is 0 Å². The van der Waals surface area contributed by atoms with E-state index in [0.717, 1.165) is 56.7 Å². The van der Waals surface area contributed by atoms with Crippen LogP contribution in [0.1, 0.15) is 52.4 Å². The van der Waals surface area contributed by atoms with Gasteiger partial charge >= 0.3 is 6.03 Å². The molecule has 2 amide bonds. The summed E-state index contributed by atoms with van der Waals surface area (Å²) in [6, 6.07) is 2.74. The van der Waals surface area contributed by atoms with Gasteiger partial charge in [-0.2, -0.15) is 0 Å². The molecule has 0 aromatic carbocycles. The first-order valence-electron chi connectivity index (χ1n) is 10.6. The third kappa shape index (κ3) is 4.09. The van der Waals surface area contributed by atoms with Crippen molar-refractivity contribution in [2.45, 2.75) is 64.5 Å². The molecule has 1 N–H and O–H groups in total. The minimum Gasteiger partial charge on any atom is -0.355 e. The largest absolute Gasteiger partial charge is 0.355 e. The number of piperidine rings is 1. The second-order valence-electron chi connectivity index (χ2n) is 8.37. The lowest BCUT2D eigenvalue weighted by atomic mass is 9.86. The minimum absolute atomic E-state index is 0.125. The average molecular weight is 402 g/mol. The topological polar surface area (TPSA) is 61.4 Å². The van der Waals surface area contributed by atoms with Crippen LogP contribution in [0, 0.1) is 5.92 Å². The lowest BCUT2D eigenvalue weighted by molar-refractivity contribution is 0.135. The van der Waals surface area contributed by atoms with Gasteiger partial charge < -0.3 is 15.1 Å². The molecule has 4 rings (SSSR count). The van der Waals surface area contributed by atoms with E-state index in [1.165, 1.54) is 17.5 Å². The van der Waals surface area contributed by atoms with E-state index < -0.39 is 0 Å². The number of likely N-dealkylation sites (tertiary alicyclic amines) is 1. The van der Waals surface area contributed by atoms with Crippen molar-refractivity contribution in [2.75, 3.05) is 24.5 Å². The van der Waals surface area contributed by atoms with Gasteiger partial charge in [0.1, 0.15) is 12.1 Å². The number of thiophene rings is 1. The molecular weight excluding hydrogens is 370 g/mol. The first-order chi connectivity index (χ1) is 13.6. The standard InChI is InChI=1S/C21H31N5OS/c1-15(2)24-21(27)26-10-5-3-4-6-18(26)16-7-11-25(12-8-16)20-19-17(9-13-28-19)22-14-23-20/h9,13-16,18H,3-8,10-12H2,1-2H3,(H,24,27)/t18-/m0/s1. The zero-order valence-electron chi connectivity index (χ0n) is 16.9. The third-order valence-corrected chi connectivity index (χ3v) is 6.98. The summed E-state index contributed by atoms with van der Waals surface area (Å²) in [6.07, 6.45) is 8.65. The molecule has 4 heterocycles. The van der Waals surface area contributed by atoms with Gasteiger partial charge in [0.05, 0.1) is 10.2 Å². The van der Waals surface area contributed by atoms with Crippen molar-refractivity contribution in [1.29, 1.82) is 0 Å². The molecular formula is C21H31N5OS. The van der Waals surface area contributed by atoms with E-state index in [0.29, 0.717) is 12.0 Å². The van der Waals surface area contributed by atoms with Crippen LogP contribution in [0.4, 0.5) is 10.6 Å². The molecule has 0 radical (unpaired) electrons. The maximum Gasteiger partial charge on any atom is 0.317 e. The first-order valence-corrected chi connectivity index (χ1v) is 11.5. The Kier molecular flexibility index (Phi) is 5.99. The Bertz CT molecular complexity index is 799. The second-order valence-corrected chi connectivity index (χ2v) is 9.29. The highest BCUT2D eigenvalue weighted by Crippen LogP contribution is 2.34. The van der Waals surface area contributed by atoms with Crippen molar-refractivity contribution >= 4 is 33.4 Å². The fraction of sp³-hybridized carbons (Fsp3) is 0.667. The monoisotopic (exact) mass is 401 g/mol. The summed E-state index contributed by atoms with van der Waals surface area (Å²) in [5, 5.41) is 5.21. The predicted molar refractivity (Wildman–Crippen MR) is 115 cm³/mol. The Morgan fingerprint density at radius 2 is 1.96 bits per heavy atom. The molecule has 0 unspecified atom stereocenters. The van der Waals surface area contributed by atoms with Crippen molar-refractivity contribution in [2.24, 2.45) is 5.92 Å². The minimum atomic E-state index is 0.125. The first kappa shape index (κ1) is 19.4. The third-order valence-electron chi connectivity index (χ3n) is 6.08. The van der Waals surface area contributed by atoms with Gasteiger partial charge in [0.2, 0.25) is 0 Å². The molecule has 1 atom stereocenters. The van der Waals surface area contributed by atoms with Crippen LogP contribution >= 0.6 is 11.3 Å². The average Bonchev–Trinajstić information content (AvgIpc) is 3.04. The molecule has 0 aliphatic carbocycles. The van der Waals surface area contributed by atoms with Gasteiger partial charge in [-0.15, -0.1) is 11.3 Å². The highest BCUT2D eigenvalue weighted by Gasteiger charge is 2.34. The summed E-state index contributed by atoms with van der Waals surface area (Å²) in [4.78, 5) is 26.3. The zero-order valence-corrected chi connectivity index (χ0v) is 17.7. The zero-order chi connectivity index (χ0) is 19.5. The highest BCUT2D eigenvalue weighted by atomic mass is 32.1. The van der Waals surface area contributed by atoms with Crippen molar-refractivity contribution in [3.63, 3.8) is 0 Å². The normalized spacial score (nSPS) is 21.9. The molecule has 2 aromatic rings. The second kappa shape index (κ2) is 8.64. The summed E-state index contributed by atoms with van der Waals surface area (Å²) in [7, 11) is 0. The molecule has 2 aromatic heterocycles. The van der Waals surface area contributed by atoms with Gasteiger partial charge in [0.15, 0.2) is 0 Å². The maximum absolute atomic E-state index is 12.8. The smallest absolute Gasteiger partial charge is 0.317 e. The fourth-order valence-corrected chi connectivity index (χ4v) is 5.57. The van der Waals surface area contributed by atoms with Crippen molar-refractivity contribution in [3.8, 4) is 0 Å². The molecule has 7 heteroatoms. The lowest BCUT2D eigenvalue weighted by Gasteiger charge is -2.41. The van der Waals surface area contributed by atoms with E-state index in [1.54, 1.807) is 17.7 Å². The van der Waals surface area contributed by atoms with Gasteiger partial charge in [-0.05, 0) is 56.9 Å². The molecule has 0 saturated carbocycles. The Morgan fingerprint density at radius 1 is 1.14 bits per heavy atom. The van der Waals surface area contributed by atoms with Crippen LogP contribution in [-0.2, 0) is 0 Å². The number of nitrogens with one attached hydrogen (secondary N) is 1. The van der Waals surface area contributed by atoms with Crippen molar-refractivity contribution in [1.82, 2.24) is 20.2 Å². The fourth-order valence-electron chi connectivity index (χ4n) is 4.70. The van der Waals surface area contributed by atoms with Gasteiger partial charge in [0, 0.05) is 31.7 Å². The summed E-state index contributed by atoms with van der Waals surface area (Å²) in [5.41, 5.74) is 1.04. The molecule has 0 spiro atoms. The van der Waals surface area contributed by atoms with Crippen LogP contribution in [0.2, 0.25) is 0 Å². The molecule has 152 valence electrons. The maximum atomic E-state index is 12.8.